The SMILES string of the molecule is O=C1CC(Cc2ccc(Cl)cc2)C(=O)N1c1ccc(-c2ccccc2)cc1. The maximum Gasteiger partial charge on any atom is 0.237 e. The van der Waals surface area contributed by atoms with Crippen molar-refractivity contribution in [3.8, 4) is 11.1 Å². The first-order valence-corrected chi connectivity index (χ1v) is 9.26. The maximum absolute atomic E-state index is 12.8. The monoisotopic (exact) mass is 375 g/mol. The normalized spacial score (nSPS) is 16.8. The Balaban J connectivity index is 1.52. The van der Waals surface area contributed by atoms with Gasteiger partial charge in [0.25, 0.3) is 0 Å². The fraction of sp³-hybridized carbons (Fsp3) is 0.130. The lowest BCUT2D eigenvalue weighted by Crippen LogP contribution is -2.30. The van der Waals surface area contributed by atoms with Gasteiger partial charge in [0.15, 0.2) is 0 Å². The molecule has 0 saturated carbocycles. The summed E-state index contributed by atoms with van der Waals surface area (Å²) in [7, 11) is 0. The summed E-state index contributed by atoms with van der Waals surface area (Å²) >= 11 is 5.91. The summed E-state index contributed by atoms with van der Waals surface area (Å²) in [6.45, 7) is 0. The van der Waals surface area contributed by atoms with Gasteiger partial charge >= 0.3 is 0 Å². The number of hydrogen-bond donors (Lipinski definition) is 0. The van der Waals surface area contributed by atoms with E-state index >= 15 is 0 Å². The average Bonchev–Trinajstić information content (AvgIpc) is 2.98. The Kier molecular flexibility index (Phi) is 4.78. The van der Waals surface area contributed by atoms with Crippen LogP contribution >= 0.6 is 11.6 Å². The van der Waals surface area contributed by atoms with E-state index < -0.39 is 0 Å². The van der Waals surface area contributed by atoms with Crippen molar-refractivity contribution in [3.05, 3.63) is 89.4 Å². The van der Waals surface area contributed by atoms with Crippen molar-refractivity contribution in [1.29, 1.82) is 0 Å². The number of benzene rings is 3. The van der Waals surface area contributed by atoms with Crippen LogP contribution in [0.2, 0.25) is 5.02 Å². The number of halogens is 1. The van der Waals surface area contributed by atoms with E-state index in [1.165, 1.54) is 4.90 Å². The molecule has 0 bridgehead atoms. The minimum Gasteiger partial charge on any atom is -0.274 e. The zero-order chi connectivity index (χ0) is 18.8. The third kappa shape index (κ3) is 3.64. The summed E-state index contributed by atoms with van der Waals surface area (Å²) in [6, 6.07) is 25.0. The number of anilines is 1. The fourth-order valence-corrected chi connectivity index (χ4v) is 3.59. The van der Waals surface area contributed by atoms with Crippen LogP contribution in [0.5, 0.6) is 0 Å². The van der Waals surface area contributed by atoms with E-state index in [1.807, 2.05) is 66.7 Å². The van der Waals surface area contributed by atoms with E-state index in [1.54, 1.807) is 12.1 Å². The molecule has 1 saturated heterocycles. The van der Waals surface area contributed by atoms with Gasteiger partial charge in [0, 0.05) is 11.4 Å². The summed E-state index contributed by atoms with van der Waals surface area (Å²) in [4.78, 5) is 26.6. The van der Waals surface area contributed by atoms with Crippen molar-refractivity contribution in [1.82, 2.24) is 0 Å². The first-order valence-electron chi connectivity index (χ1n) is 8.88. The molecule has 0 aromatic heterocycles. The molecule has 4 rings (SSSR count). The van der Waals surface area contributed by atoms with Crippen molar-refractivity contribution in [2.75, 3.05) is 4.90 Å². The summed E-state index contributed by atoms with van der Waals surface area (Å²) in [5, 5.41) is 0.660. The molecule has 3 aromatic carbocycles. The molecule has 0 N–H and O–H groups in total. The van der Waals surface area contributed by atoms with Crippen LogP contribution in [-0.4, -0.2) is 11.8 Å². The first-order chi connectivity index (χ1) is 13.1. The zero-order valence-corrected chi connectivity index (χ0v) is 15.4. The van der Waals surface area contributed by atoms with Crippen molar-refractivity contribution >= 4 is 29.1 Å². The molecule has 1 atom stereocenters. The lowest BCUT2D eigenvalue weighted by molar-refractivity contribution is -0.122. The summed E-state index contributed by atoms with van der Waals surface area (Å²) in [5.41, 5.74) is 3.79. The van der Waals surface area contributed by atoms with Crippen LogP contribution < -0.4 is 4.90 Å². The predicted octanol–water partition coefficient (Wildman–Crippen LogP) is 5.13. The molecular formula is C23H18ClNO2. The van der Waals surface area contributed by atoms with Gasteiger partial charge in [0.05, 0.1) is 11.6 Å². The highest BCUT2D eigenvalue weighted by Gasteiger charge is 2.39. The zero-order valence-electron chi connectivity index (χ0n) is 14.6. The second kappa shape index (κ2) is 7.37. The van der Waals surface area contributed by atoms with Crippen LogP contribution in [0.4, 0.5) is 5.69 Å². The quantitative estimate of drug-likeness (QED) is 0.593. The number of nitrogens with zero attached hydrogens (tertiary/aromatic N) is 1. The van der Waals surface area contributed by atoms with Gasteiger partial charge in [-0.2, -0.15) is 0 Å². The van der Waals surface area contributed by atoms with Gasteiger partial charge in [-0.1, -0.05) is 66.2 Å². The Morgan fingerprint density at radius 3 is 2.11 bits per heavy atom. The number of carbonyl (C=O) groups excluding carboxylic acids is 2. The van der Waals surface area contributed by atoms with E-state index in [0.29, 0.717) is 17.1 Å². The number of imide groups is 1. The third-order valence-corrected chi connectivity index (χ3v) is 5.12. The Bertz CT molecular complexity index is 966. The van der Waals surface area contributed by atoms with Crippen LogP contribution in [0, 0.1) is 5.92 Å². The van der Waals surface area contributed by atoms with Crippen molar-refractivity contribution < 1.29 is 9.59 Å². The standard InChI is InChI=1S/C23H18ClNO2/c24-20-10-6-16(7-11-20)14-19-15-22(26)25(23(19)27)21-12-8-18(9-13-21)17-4-2-1-3-5-17/h1-13,19H,14-15H2. The molecule has 1 fully saturated rings. The van der Waals surface area contributed by atoms with Crippen LogP contribution in [-0.2, 0) is 16.0 Å². The van der Waals surface area contributed by atoms with Crippen LogP contribution in [0.15, 0.2) is 78.9 Å². The summed E-state index contributed by atoms with van der Waals surface area (Å²) in [5.74, 6) is -0.610. The molecule has 27 heavy (non-hydrogen) atoms. The minimum atomic E-state index is -0.326. The molecule has 134 valence electrons. The number of hydrogen-bond acceptors (Lipinski definition) is 2. The molecule has 1 aliphatic rings. The lowest BCUT2D eigenvalue weighted by Gasteiger charge is -2.16. The first kappa shape index (κ1) is 17.5. The topological polar surface area (TPSA) is 37.4 Å². The van der Waals surface area contributed by atoms with E-state index in [0.717, 1.165) is 16.7 Å². The van der Waals surface area contributed by atoms with Gasteiger partial charge in [-0.15, -0.1) is 0 Å². The van der Waals surface area contributed by atoms with E-state index in [2.05, 4.69) is 0 Å². The van der Waals surface area contributed by atoms with Gasteiger partial charge in [0.1, 0.15) is 0 Å². The molecule has 0 radical (unpaired) electrons. The van der Waals surface area contributed by atoms with Crippen molar-refractivity contribution in [2.45, 2.75) is 12.8 Å². The van der Waals surface area contributed by atoms with Crippen molar-refractivity contribution in [2.24, 2.45) is 5.92 Å². The molecule has 1 unspecified atom stereocenters. The number of carbonyl (C=O) groups is 2. The van der Waals surface area contributed by atoms with Crippen LogP contribution in [0.25, 0.3) is 11.1 Å². The van der Waals surface area contributed by atoms with Crippen LogP contribution in [0.1, 0.15) is 12.0 Å². The van der Waals surface area contributed by atoms with E-state index in [4.69, 9.17) is 11.6 Å². The molecule has 0 spiro atoms. The molecule has 1 heterocycles. The van der Waals surface area contributed by atoms with E-state index in [9.17, 15) is 9.59 Å². The van der Waals surface area contributed by atoms with Crippen molar-refractivity contribution in [3.63, 3.8) is 0 Å². The average molecular weight is 376 g/mol. The largest absolute Gasteiger partial charge is 0.274 e. The number of rotatable bonds is 4. The third-order valence-electron chi connectivity index (χ3n) is 4.87. The lowest BCUT2D eigenvalue weighted by atomic mass is 9.98. The molecule has 3 nitrogen and oxygen atoms in total. The Hall–Kier alpha value is -2.91. The second-order valence-corrected chi connectivity index (χ2v) is 7.15. The highest BCUT2D eigenvalue weighted by Crippen LogP contribution is 2.30. The summed E-state index contributed by atoms with van der Waals surface area (Å²) in [6.07, 6.45) is 0.780. The van der Waals surface area contributed by atoms with Gasteiger partial charge in [-0.3, -0.25) is 14.5 Å². The summed E-state index contributed by atoms with van der Waals surface area (Å²) < 4.78 is 0. The van der Waals surface area contributed by atoms with Gasteiger partial charge in [-0.25, -0.2) is 0 Å². The smallest absolute Gasteiger partial charge is 0.237 e. The number of amides is 2. The minimum absolute atomic E-state index is 0.137. The molecule has 3 aromatic rings. The molecule has 0 aliphatic carbocycles. The van der Waals surface area contributed by atoms with E-state index in [-0.39, 0.29) is 24.2 Å². The highest BCUT2D eigenvalue weighted by molar-refractivity contribution is 6.30. The van der Waals surface area contributed by atoms with Crippen LogP contribution in [0.3, 0.4) is 0 Å². The maximum atomic E-state index is 12.8. The highest BCUT2D eigenvalue weighted by atomic mass is 35.5. The molecule has 4 heteroatoms. The predicted molar refractivity (Wildman–Crippen MR) is 108 cm³/mol. The Morgan fingerprint density at radius 1 is 0.815 bits per heavy atom. The second-order valence-electron chi connectivity index (χ2n) is 6.71. The molecule has 1 aliphatic heterocycles. The Labute approximate surface area is 163 Å². The Morgan fingerprint density at radius 2 is 1.44 bits per heavy atom. The molecular weight excluding hydrogens is 358 g/mol. The fourth-order valence-electron chi connectivity index (χ4n) is 3.46. The molecule has 2 amide bonds. The van der Waals surface area contributed by atoms with Gasteiger partial charge < -0.3 is 0 Å². The van der Waals surface area contributed by atoms with Gasteiger partial charge in [0.2, 0.25) is 11.8 Å². The van der Waals surface area contributed by atoms with Gasteiger partial charge in [-0.05, 0) is 47.4 Å².